The van der Waals surface area contributed by atoms with Crippen LogP contribution >= 0.6 is 11.6 Å². The number of halogens is 1. The first-order valence-electron chi connectivity index (χ1n) is 11.1. The summed E-state index contributed by atoms with van der Waals surface area (Å²) in [7, 11) is -3.77. The number of benzene rings is 2. The Balaban J connectivity index is 2.48. The molecule has 0 aliphatic heterocycles. The van der Waals surface area contributed by atoms with E-state index < -0.39 is 34.1 Å². The average molecular weight is 508 g/mol. The molecule has 0 bridgehead atoms. The normalized spacial score (nSPS) is 12.7. The Morgan fingerprint density at radius 2 is 1.74 bits per heavy atom. The van der Waals surface area contributed by atoms with Gasteiger partial charge in [0, 0.05) is 17.1 Å². The first-order chi connectivity index (χ1) is 15.7. The predicted molar refractivity (Wildman–Crippen MR) is 137 cm³/mol. The summed E-state index contributed by atoms with van der Waals surface area (Å²) in [6.07, 6.45) is 1.41. The van der Waals surface area contributed by atoms with Crippen LogP contribution in [0, 0.1) is 6.92 Å². The van der Waals surface area contributed by atoms with E-state index in [0.717, 1.165) is 16.1 Å². The van der Waals surface area contributed by atoms with Gasteiger partial charge in [0.25, 0.3) is 0 Å². The summed E-state index contributed by atoms with van der Waals surface area (Å²) in [4.78, 5) is 28.2. The van der Waals surface area contributed by atoms with Crippen molar-refractivity contribution in [2.45, 2.75) is 59.2 Å². The van der Waals surface area contributed by atoms with Crippen LogP contribution in [0.4, 0.5) is 5.69 Å². The number of carbonyl (C=O) groups is 2. The molecule has 2 rings (SSSR count). The van der Waals surface area contributed by atoms with Crippen molar-refractivity contribution in [1.82, 2.24) is 10.2 Å². The largest absolute Gasteiger partial charge is 0.350 e. The minimum Gasteiger partial charge on any atom is -0.350 e. The van der Waals surface area contributed by atoms with Crippen LogP contribution in [0.3, 0.4) is 0 Å². The summed E-state index contributed by atoms with van der Waals surface area (Å²) in [6.45, 7) is 8.88. The van der Waals surface area contributed by atoms with Gasteiger partial charge in [0.2, 0.25) is 21.8 Å². The van der Waals surface area contributed by atoms with Gasteiger partial charge in [-0.3, -0.25) is 13.9 Å². The van der Waals surface area contributed by atoms with Gasteiger partial charge in [0.05, 0.1) is 11.9 Å². The number of aryl methyl sites for hydroxylation is 1. The van der Waals surface area contributed by atoms with Gasteiger partial charge >= 0.3 is 0 Å². The Kier molecular flexibility index (Phi) is 9.14. The van der Waals surface area contributed by atoms with Crippen molar-refractivity contribution in [3.05, 3.63) is 64.7 Å². The van der Waals surface area contributed by atoms with E-state index >= 15 is 0 Å². The Hall–Kier alpha value is -2.58. The molecular weight excluding hydrogens is 474 g/mol. The van der Waals surface area contributed by atoms with Crippen molar-refractivity contribution in [3.63, 3.8) is 0 Å². The number of hydrogen-bond acceptors (Lipinski definition) is 4. The molecule has 0 aliphatic carbocycles. The molecule has 9 heteroatoms. The maximum Gasteiger partial charge on any atom is 0.244 e. The number of rotatable bonds is 9. The third kappa shape index (κ3) is 7.74. The van der Waals surface area contributed by atoms with E-state index in [2.05, 4.69) is 5.32 Å². The van der Waals surface area contributed by atoms with Crippen LogP contribution in [-0.4, -0.2) is 49.5 Å². The second-order valence-corrected chi connectivity index (χ2v) is 11.7. The molecule has 2 amide bonds. The van der Waals surface area contributed by atoms with Crippen molar-refractivity contribution in [3.8, 4) is 0 Å². The van der Waals surface area contributed by atoms with Gasteiger partial charge in [-0.25, -0.2) is 8.42 Å². The molecule has 7 nitrogen and oxygen atoms in total. The molecule has 0 radical (unpaired) electrons. The van der Waals surface area contributed by atoms with Crippen molar-refractivity contribution in [2.75, 3.05) is 17.1 Å². The van der Waals surface area contributed by atoms with Gasteiger partial charge in [-0.1, -0.05) is 48.9 Å². The average Bonchev–Trinajstić information content (AvgIpc) is 2.70. The highest BCUT2D eigenvalue weighted by Gasteiger charge is 2.33. The monoisotopic (exact) mass is 507 g/mol. The van der Waals surface area contributed by atoms with Crippen LogP contribution in [0.1, 0.15) is 45.2 Å². The van der Waals surface area contributed by atoms with Crippen molar-refractivity contribution in [1.29, 1.82) is 0 Å². The molecule has 2 aromatic rings. The second kappa shape index (κ2) is 11.2. The number of nitrogens with zero attached hydrogens (tertiary/aromatic N) is 2. The van der Waals surface area contributed by atoms with Crippen LogP contribution in [0.25, 0.3) is 0 Å². The van der Waals surface area contributed by atoms with Gasteiger partial charge in [0.1, 0.15) is 12.6 Å². The Morgan fingerprint density at radius 3 is 2.26 bits per heavy atom. The van der Waals surface area contributed by atoms with E-state index in [-0.39, 0.29) is 12.5 Å². The molecule has 1 N–H and O–H groups in total. The number of nitrogens with one attached hydrogen (secondary N) is 1. The summed E-state index contributed by atoms with van der Waals surface area (Å²) in [5.41, 5.74) is 1.42. The van der Waals surface area contributed by atoms with Crippen molar-refractivity contribution in [2.24, 2.45) is 0 Å². The molecule has 0 saturated heterocycles. The van der Waals surface area contributed by atoms with Gasteiger partial charge in [-0.2, -0.15) is 0 Å². The standard InChI is InChI=1S/C25H34ClN3O4S/c1-7-22(24(31)27-25(3,4)5)28(16-19-12-8-9-14-21(19)26)23(30)17-29(34(6,32)33)20-13-10-11-18(2)15-20/h8-15,22H,7,16-17H2,1-6H3,(H,27,31)/t22-/m0/s1. The lowest BCUT2D eigenvalue weighted by Gasteiger charge is -2.34. The highest BCUT2D eigenvalue weighted by atomic mass is 35.5. The quantitative estimate of drug-likeness (QED) is 0.552. The fourth-order valence-corrected chi connectivity index (χ4v) is 4.62. The highest BCUT2D eigenvalue weighted by molar-refractivity contribution is 7.92. The fraction of sp³-hybridized carbons (Fsp3) is 0.440. The molecule has 0 saturated carbocycles. The van der Waals surface area contributed by atoms with E-state index in [9.17, 15) is 18.0 Å². The zero-order valence-electron chi connectivity index (χ0n) is 20.6. The first-order valence-corrected chi connectivity index (χ1v) is 13.3. The van der Waals surface area contributed by atoms with Crippen LogP contribution in [0.2, 0.25) is 5.02 Å². The van der Waals surface area contributed by atoms with Crippen LogP contribution in [0.15, 0.2) is 48.5 Å². The zero-order chi connectivity index (χ0) is 25.7. The van der Waals surface area contributed by atoms with Gasteiger partial charge in [-0.05, 0) is 63.4 Å². The summed E-state index contributed by atoms with van der Waals surface area (Å²) < 4.78 is 26.3. The number of sulfonamides is 1. The van der Waals surface area contributed by atoms with Crippen LogP contribution in [-0.2, 0) is 26.2 Å². The summed E-state index contributed by atoms with van der Waals surface area (Å²) in [5, 5.41) is 3.39. The lowest BCUT2D eigenvalue weighted by atomic mass is 10.1. The minimum absolute atomic E-state index is 0.0694. The SMILES string of the molecule is CC[C@@H](C(=O)NC(C)(C)C)N(Cc1ccccc1Cl)C(=O)CN(c1cccc(C)c1)S(C)(=O)=O. The van der Waals surface area contributed by atoms with Crippen LogP contribution < -0.4 is 9.62 Å². The smallest absolute Gasteiger partial charge is 0.244 e. The molecule has 1 atom stereocenters. The lowest BCUT2D eigenvalue weighted by Crippen LogP contribution is -2.55. The zero-order valence-corrected chi connectivity index (χ0v) is 22.2. The summed E-state index contributed by atoms with van der Waals surface area (Å²) >= 11 is 6.35. The Bertz CT molecular complexity index is 1130. The molecule has 0 aliphatic rings. The molecule has 34 heavy (non-hydrogen) atoms. The molecule has 0 spiro atoms. The maximum absolute atomic E-state index is 13.6. The van der Waals surface area contributed by atoms with E-state index in [0.29, 0.717) is 22.7 Å². The molecule has 2 aromatic carbocycles. The molecule has 0 unspecified atom stereocenters. The third-order valence-electron chi connectivity index (χ3n) is 5.15. The summed E-state index contributed by atoms with van der Waals surface area (Å²) in [6, 6.07) is 13.2. The van der Waals surface area contributed by atoms with Gasteiger partial charge in [0.15, 0.2) is 0 Å². The second-order valence-electron chi connectivity index (χ2n) is 9.38. The van der Waals surface area contributed by atoms with E-state index in [1.165, 1.54) is 4.90 Å². The predicted octanol–water partition coefficient (Wildman–Crippen LogP) is 4.14. The Labute approximate surface area is 208 Å². The van der Waals surface area contributed by atoms with Crippen LogP contribution in [0.5, 0.6) is 0 Å². The number of carbonyl (C=O) groups excluding carboxylic acids is 2. The van der Waals surface area contributed by atoms with E-state index in [1.807, 2.05) is 40.7 Å². The third-order valence-corrected chi connectivity index (χ3v) is 6.66. The van der Waals surface area contributed by atoms with Crippen molar-refractivity contribution < 1.29 is 18.0 Å². The minimum atomic E-state index is -3.77. The molecular formula is C25H34ClN3O4S. The van der Waals surface area contributed by atoms with Gasteiger partial charge in [-0.15, -0.1) is 0 Å². The molecule has 0 heterocycles. The van der Waals surface area contributed by atoms with E-state index in [1.54, 1.807) is 42.5 Å². The topological polar surface area (TPSA) is 86.8 Å². The summed E-state index contributed by atoms with van der Waals surface area (Å²) in [5.74, 6) is -0.806. The molecule has 0 fully saturated rings. The lowest BCUT2D eigenvalue weighted by molar-refractivity contribution is -0.141. The number of hydrogen-bond donors (Lipinski definition) is 1. The fourth-order valence-electron chi connectivity index (χ4n) is 3.58. The first kappa shape index (κ1) is 27.7. The van der Waals surface area contributed by atoms with E-state index in [4.69, 9.17) is 11.6 Å². The molecule has 186 valence electrons. The highest BCUT2D eigenvalue weighted by Crippen LogP contribution is 2.23. The number of amides is 2. The maximum atomic E-state index is 13.6. The Morgan fingerprint density at radius 1 is 1.09 bits per heavy atom. The number of anilines is 1. The van der Waals surface area contributed by atoms with Crippen molar-refractivity contribution >= 4 is 39.1 Å². The van der Waals surface area contributed by atoms with Gasteiger partial charge < -0.3 is 10.2 Å². The molecule has 0 aromatic heterocycles.